The minimum Gasteiger partial charge on any atom is -0.477 e. The van der Waals surface area contributed by atoms with E-state index in [9.17, 15) is 29.9 Å². The van der Waals surface area contributed by atoms with Gasteiger partial charge in [0.2, 0.25) is 5.91 Å². The molecule has 1 rings (SSSR count). The third-order valence-corrected chi connectivity index (χ3v) is 2.97. The van der Waals surface area contributed by atoms with E-state index in [0.717, 1.165) is 12.1 Å². The number of nitrogens with zero attached hydrogens (tertiary/aromatic N) is 1. The molecule has 9 nitrogen and oxygen atoms in total. The van der Waals surface area contributed by atoms with E-state index in [2.05, 4.69) is 5.32 Å². The number of carbonyl (C=O) groups excluding carboxylic acids is 1. The molecule has 0 aromatic heterocycles. The zero-order chi connectivity index (χ0) is 16.9. The van der Waals surface area contributed by atoms with Crippen molar-refractivity contribution in [2.45, 2.75) is 25.6 Å². The molecule has 1 aromatic carbocycles. The summed E-state index contributed by atoms with van der Waals surface area (Å²) in [7, 11) is 0. The first kappa shape index (κ1) is 17.5. The monoisotopic (exact) mass is 312 g/mol. The maximum Gasteiger partial charge on any atom is 0.342 e. The van der Waals surface area contributed by atoms with Crippen molar-refractivity contribution in [1.29, 1.82) is 0 Å². The first-order chi connectivity index (χ1) is 10.2. The van der Waals surface area contributed by atoms with Crippen LogP contribution in [0.4, 0.5) is 5.69 Å². The summed E-state index contributed by atoms with van der Waals surface area (Å²) in [6, 6.07) is 3.09. The molecule has 2 unspecified atom stereocenters. The molecular weight excluding hydrogens is 296 g/mol. The molecule has 120 valence electrons. The number of nitro groups is 1. The van der Waals surface area contributed by atoms with Crippen LogP contribution >= 0.6 is 0 Å². The van der Waals surface area contributed by atoms with Gasteiger partial charge in [-0.3, -0.25) is 14.9 Å². The summed E-state index contributed by atoms with van der Waals surface area (Å²) >= 11 is 0. The fraction of sp³-hybridized carbons (Fsp3) is 0.385. The second-order valence-electron chi connectivity index (χ2n) is 4.62. The number of aliphatic hydroxyl groups excluding tert-OH is 2. The molecule has 0 aliphatic heterocycles. The topological polar surface area (TPSA) is 150 Å². The molecule has 0 heterocycles. The average molecular weight is 312 g/mol. The van der Waals surface area contributed by atoms with Crippen LogP contribution in [0.25, 0.3) is 0 Å². The Hall–Kier alpha value is -2.52. The van der Waals surface area contributed by atoms with Crippen LogP contribution in [-0.4, -0.2) is 44.8 Å². The van der Waals surface area contributed by atoms with Gasteiger partial charge in [-0.05, 0) is 24.1 Å². The highest BCUT2D eigenvalue weighted by Crippen LogP contribution is 2.25. The number of hydrogen-bond acceptors (Lipinski definition) is 6. The number of aliphatic hydroxyl groups is 2. The highest BCUT2D eigenvalue weighted by molar-refractivity contribution is 5.92. The van der Waals surface area contributed by atoms with Gasteiger partial charge in [0.15, 0.2) is 0 Å². The van der Waals surface area contributed by atoms with Gasteiger partial charge in [-0.25, -0.2) is 4.79 Å². The summed E-state index contributed by atoms with van der Waals surface area (Å²) in [5.41, 5.74) is -1.13. The molecule has 0 saturated carbocycles. The highest BCUT2D eigenvalue weighted by Gasteiger charge is 2.24. The normalized spacial score (nSPS) is 13.2. The Kier molecular flexibility index (Phi) is 5.96. The smallest absolute Gasteiger partial charge is 0.342 e. The average Bonchev–Trinajstić information content (AvgIpc) is 2.45. The zero-order valence-corrected chi connectivity index (χ0v) is 11.7. The highest BCUT2D eigenvalue weighted by atomic mass is 16.6. The molecule has 0 saturated heterocycles. The Morgan fingerprint density at radius 2 is 2.00 bits per heavy atom. The fourth-order valence-corrected chi connectivity index (χ4v) is 1.84. The van der Waals surface area contributed by atoms with Gasteiger partial charge in [-0.1, -0.05) is 0 Å². The zero-order valence-electron chi connectivity index (χ0n) is 11.7. The van der Waals surface area contributed by atoms with Crippen LogP contribution in [0.2, 0.25) is 0 Å². The van der Waals surface area contributed by atoms with Gasteiger partial charge in [-0.15, -0.1) is 0 Å². The molecular formula is C13H16N2O7. The van der Waals surface area contributed by atoms with E-state index in [4.69, 9.17) is 5.11 Å². The lowest BCUT2D eigenvalue weighted by Crippen LogP contribution is -2.27. The number of amides is 1. The third-order valence-electron chi connectivity index (χ3n) is 2.97. The summed E-state index contributed by atoms with van der Waals surface area (Å²) in [5.74, 6) is -1.79. The van der Waals surface area contributed by atoms with Crippen molar-refractivity contribution in [2.75, 3.05) is 6.54 Å². The molecule has 0 radical (unpaired) electrons. The van der Waals surface area contributed by atoms with Crippen LogP contribution in [0.1, 0.15) is 35.4 Å². The standard InChI is InChI=1S/C13H16N2O7/c1-7(16)14-5-4-11(17)12(18)8-2-3-10(15(21)22)9(6-8)13(19)20/h2-3,6,11-12,17-18H,4-5H2,1H3,(H,14,16)(H,19,20). The summed E-state index contributed by atoms with van der Waals surface area (Å²) in [5, 5.41) is 41.9. The number of benzene rings is 1. The fourth-order valence-electron chi connectivity index (χ4n) is 1.84. The van der Waals surface area contributed by atoms with Crippen LogP contribution in [0.3, 0.4) is 0 Å². The largest absolute Gasteiger partial charge is 0.477 e. The number of carboxylic acids is 1. The van der Waals surface area contributed by atoms with Gasteiger partial charge < -0.3 is 20.6 Å². The Morgan fingerprint density at radius 1 is 1.36 bits per heavy atom. The number of carbonyl (C=O) groups is 2. The Labute approximate surface area is 125 Å². The molecule has 0 bridgehead atoms. The van der Waals surface area contributed by atoms with Crippen molar-refractivity contribution in [3.8, 4) is 0 Å². The van der Waals surface area contributed by atoms with Crippen LogP contribution < -0.4 is 5.32 Å². The SMILES string of the molecule is CC(=O)NCCC(O)C(O)c1ccc([N+](=O)[O-])c(C(=O)O)c1. The predicted molar refractivity (Wildman–Crippen MR) is 74.3 cm³/mol. The number of hydrogen-bond donors (Lipinski definition) is 4. The van der Waals surface area contributed by atoms with Crippen molar-refractivity contribution in [3.63, 3.8) is 0 Å². The second-order valence-corrected chi connectivity index (χ2v) is 4.62. The van der Waals surface area contributed by atoms with Crippen LogP contribution in [0.15, 0.2) is 18.2 Å². The molecule has 0 fully saturated rings. The quantitative estimate of drug-likeness (QED) is 0.415. The van der Waals surface area contributed by atoms with Crippen LogP contribution in [-0.2, 0) is 4.79 Å². The minimum atomic E-state index is -1.51. The van der Waals surface area contributed by atoms with E-state index in [1.54, 1.807) is 0 Å². The second kappa shape index (κ2) is 7.48. The number of aromatic carboxylic acids is 1. The Bertz CT molecular complexity index is 588. The number of nitrogens with one attached hydrogen (secondary N) is 1. The lowest BCUT2D eigenvalue weighted by molar-refractivity contribution is -0.385. The molecule has 1 aromatic rings. The maximum atomic E-state index is 11.0. The first-order valence-corrected chi connectivity index (χ1v) is 6.36. The Balaban J connectivity index is 2.91. The lowest BCUT2D eigenvalue weighted by Gasteiger charge is -2.18. The summed E-state index contributed by atoms with van der Waals surface area (Å²) < 4.78 is 0. The first-order valence-electron chi connectivity index (χ1n) is 6.36. The molecule has 2 atom stereocenters. The summed E-state index contributed by atoms with van der Waals surface area (Å²) in [6.45, 7) is 1.44. The van der Waals surface area contributed by atoms with E-state index >= 15 is 0 Å². The van der Waals surface area contributed by atoms with Gasteiger partial charge >= 0.3 is 5.97 Å². The molecule has 0 aliphatic rings. The van der Waals surface area contributed by atoms with Gasteiger partial charge in [0, 0.05) is 19.5 Å². The van der Waals surface area contributed by atoms with Crippen molar-refractivity contribution in [1.82, 2.24) is 5.32 Å². The van der Waals surface area contributed by atoms with E-state index in [-0.39, 0.29) is 24.4 Å². The van der Waals surface area contributed by atoms with E-state index < -0.39 is 34.4 Å². The number of nitro benzene ring substituents is 1. The molecule has 22 heavy (non-hydrogen) atoms. The van der Waals surface area contributed by atoms with Crippen molar-refractivity contribution < 1.29 is 29.8 Å². The van der Waals surface area contributed by atoms with Gasteiger partial charge in [-0.2, -0.15) is 0 Å². The van der Waals surface area contributed by atoms with Gasteiger partial charge in [0.25, 0.3) is 5.69 Å². The maximum absolute atomic E-state index is 11.0. The van der Waals surface area contributed by atoms with Gasteiger partial charge in [0.05, 0.1) is 11.0 Å². The van der Waals surface area contributed by atoms with Crippen molar-refractivity contribution in [2.24, 2.45) is 0 Å². The lowest BCUT2D eigenvalue weighted by atomic mass is 9.99. The van der Waals surface area contributed by atoms with E-state index in [0.29, 0.717) is 0 Å². The van der Waals surface area contributed by atoms with Crippen molar-refractivity contribution in [3.05, 3.63) is 39.4 Å². The molecule has 1 amide bonds. The third kappa shape index (κ3) is 4.50. The Morgan fingerprint density at radius 3 is 2.50 bits per heavy atom. The van der Waals surface area contributed by atoms with E-state index in [1.165, 1.54) is 13.0 Å². The predicted octanol–water partition coefficient (Wildman–Crippen LogP) is 0.213. The number of carboxylic acid groups (broad SMARTS) is 1. The molecule has 0 spiro atoms. The molecule has 9 heteroatoms. The summed E-state index contributed by atoms with van der Waals surface area (Å²) in [6.07, 6.45) is -2.64. The van der Waals surface area contributed by atoms with Gasteiger partial charge in [0.1, 0.15) is 11.7 Å². The number of rotatable bonds is 7. The molecule has 4 N–H and O–H groups in total. The van der Waals surface area contributed by atoms with Crippen LogP contribution in [0, 0.1) is 10.1 Å². The van der Waals surface area contributed by atoms with E-state index in [1.807, 2.05) is 0 Å². The van der Waals surface area contributed by atoms with Crippen LogP contribution in [0.5, 0.6) is 0 Å². The minimum absolute atomic E-state index is 0.0401. The molecule has 0 aliphatic carbocycles. The summed E-state index contributed by atoms with van der Waals surface area (Å²) in [4.78, 5) is 31.6. The van der Waals surface area contributed by atoms with Crippen molar-refractivity contribution >= 4 is 17.6 Å².